The van der Waals surface area contributed by atoms with E-state index in [4.69, 9.17) is 4.74 Å². The summed E-state index contributed by atoms with van der Waals surface area (Å²) in [5, 5.41) is 2.53. The van der Waals surface area contributed by atoms with Gasteiger partial charge in [-0.25, -0.2) is 9.18 Å². The van der Waals surface area contributed by atoms with E-state index < -0.39 is 6.09 Å². The van der Waals surface area contributed by atoms with Crippen molar-refractivity contribution in [1.82, 2.24) is 5.32 Å². The molecule has 0 heterocycles. The first-order valence-corrected chi connectivity index (χ1v) is 5.38. The van der Waals surface area contributed by atoms with Crippen molar-refractivity contribution in [3.05, 3.63) is 46.7 Å². The lowest BCUT2D eigenvalue weighted by atomic mass is 10.2. The predicted molar refractivity (Wildman–Crippen MR) is 62.5 cm³/mol. The maximum Gasteiger partial charge on any atom is 0.407 e. The van der Waals surface area contributed by atoms with Gasteiger partial charge in [0.05, 0.1) is 4.47 Å². The summed E-state index contributed by atoms with van der Waals surface area (Å²) in [5.74, 6) is -0.335. The molecule has 1 amide bonds. The number of benzene rings is 1. The minimum absolute atomic E-state index is 0.166. The lowest BCUT2D eigenvalue weighted by molar-refractivity contribution is 0.158. The first kappa shape index (κ1) is 12.7. The van der Waals surface area contributed by atoms with Gasteiger partial charge in [0.2, 0.25) is 0 Å². The van der Waals surface area contributed by atoms with Crippen LogP contribution in [0.1, 0.15) is 5.56 Å². The molecule has 5 heteroatoms. The topological polar surface area (TPSA) is 38.3 Å². The average Bonchev–Trinajstić information content (AvgIpc) is 2.28. The first-order valence-electron chi connectivity index (χ1n) is 4.59. The second kappa shape index (κ2) is 6.27. The fourth-order valence-electron chi connectivity index (χ4n) is 1.01. The molecule has 86 valence electrons. The van der Waals surface area contributed by atoms with E-state index in [1.165, 1.54) is 12.1 Å². The van der Waals surface area contributed by atoms with Gasteiger partial charge < -0.3 is 10.1 Å². The number of carbonyl (C=O) groups is 1. The second-order valence-corrected chi connectivity index (χ2v) is 3.84. The van der Waals surface area contributed by atoms with Crippen molar-refractivity contribution in [2.45, 2.75) is 6.54 Å². The minimum Gasteiger partial charge on any atom is -0.445 e. The van der Waals surface area contributed by atoms with E-state index in [9.17, 15) is 9.18 Å². The monoisotopic (exact) mass is 287 g/mol. The standard InChI is InChI=1S/C11H11BrFNO2/c1-2-5-16-11(15)14-7-8-3-4-10(13)9(12)6-8/h2-4,6H,1,5,7H2,(H,14,15). The van der Waals surface area contributed by atoms with Gasteiger partial charge in [0, 0.05) is 6.54 Å². The highest BCUT2D eigenvalue weighted by atomic mass is 79.9. The summed E-state index contributed by atoms with van der Waals surface area (Å²) in [5.41, 5.74) is 0.781. The van der Waals surface area contributed by atoms with Crippen LogP contribution in [0, 0.1) is 5.82 Å². The van der Waals surface area contributed by atoms with E-state index in [1.807, 2.05) is 0 Å². The Labute approximate surface area is 101 Å². The molecule has 3 nitrogen and oxygen atoms in total. The van der Waals surface area contributed by atoms with Gasteiger partial charge in [0.25, 0.3) is 0 Å². The Morgan fingerprint density at radius 3 is 3.00 bits per heavy atom. The molecule has 1 aromatic carbocycles. The molecule has 1 aromatic rings. The van der Waals surface area contributed by atoms with Crippen LogP contribution in [0.4, 0.5) is 9.18 Å². The van der Waals surface area contributed by atoms with Crippen molar-refractivity contribution in [1.29, 1.82) is 0 Å². The second-order valence-electron chi connectivity index (χ2n) is 2.99. The van der Waals surface area contributed by atoms with Crippen molar-refractivity contribution in [3.8, 4) is 0 Å². The lowest BCUT2D eigenvalue weighted by Crippen LogP contribution is -2.23. The van der Waals surface area contributed by atoms with Crippen LogP contribution in [0.3, 0.4) is 0 Å². The summed E-state index contributed by atoms with van der Waals surface area (Å²) in [7, 11) is 0. The van der Waals surface area contributed by atoms with Gasteiger partial charge in [-0.2, -0.15) is 0 Å². The summed E-state index contributed by atoms with van der Waals surface area (Å²) in [6.45, 7) is 3.87. The fraction of sp³-hybridized carbons (Fsp3) is 0.182. The van der Waals surface area contributed by atoms with Crippen molar-refractivity contribution in [2.24, 2.45) is 0 Å². The first-order chi connectivity index (χ1) is 7.63. The maximum absolute atomic E-state index is 12.9. The number of hydrogen-bond donors (Lipinski definition) is 1. The quantitative estimate of drug-likeness (QED) is 0.865. The van der Waals surface area contributed by atoms with E-state index in [0.717, 1.165) is 5.56 Å². The van der Waals surface area contributed by atoms with Crippen LogP contribution in [0.2, 0.25) is 0 Å². The molecule has 0 aliphatic heterocycles. The van der Waals surface area contributed by atoms with E-state index in [1.54, 1.807) is 12.1 Å². The Morgan fingerprint density at radius 2 is 2.38 bits per heavy atom. The fourth-order valence-corrected chi connectivity index (χ4v) is 1.44. The molecule has 0 radical (unpaired) electrons. The van der Waals surface area contributed by atoms with Crippen LogP contribution >= 0.6 is 15.9 Å². The van der Waals surface area contributed by atoms with Gasteiger partial charge >= 0.3 is 6.09 Å². The van der Waals surface area contributed by atoms with Crippen molar-refractivity contribution in [3.63, 3.8) is 0 Å². The Hall–Kier alpha value is -1.36. The van der Waals surface area contributed by atoms with Crippen LogP contribution in [0.25, 0.3) is 0 Å². The zero-order valence-electron chi connectivity index (χ0n) is 8.50. The largest absolute Gasteiger partial charge is 0.445 e. The maximum atomic E-state index is 12.9. The highest BCUT2D eigenvalue weighted by Crippen LogP contribution is 2.16. The summed E-state index contributed by atoms with van der Waals surface area (Å²) >= 11 is 3.06. The zero-order chi connectivity index (χ0) is 12.0. The van der Waals surface area contributed by atoms with Gasteiger partial charge in [-0.3, -0.25) is 0 Å². The average molecular weight is 288 g/mol. The summed E-state index contributed by atoms with van der Waals surface area (Å²) in [6, 6.07) is 4.52. The third-order valence-electron chi connectivity index (χ3n) is 1.75. The molecule has 0 spiro atoms. The van der Waals surface area contributed by atoms with Crippen molar-refractivity contribution in [2.75, 3.05) is 6.61 Å². The Balaban J connectivity index is 2.45. The van der Waals surface area contributed by atoms with Crippen molar-refractivity contribution < 1.29 is 13.9 Å². The third-order valence-corrected chi connectivity index (χ3v) is 2.36. The Bertz CT molecular complexity index is 396. The highest BCUT2D eigenvalue weighted by Gasteiger charge is 2.03. The summed E-state index contributed by atoms with van der Waals surface area (Å²) in [6.07, 6.45) is 0.953. The van der Waals surface area contributed by atoms with E-state index in [0.29, 0.717) is 4.47 Å². The van der Waals surface area contributed by atoms with Gasteiger partial charge in [-0.05, 0) is 33.6 Å². The molecule has 0 atom stereocenters. The van der Waals surface area contributed by atoms with Gasteiger partial charge in [-0.1, -0.05) is 18.7 Å². The van der Waals surface area contributed by atoms with Gasteiger partial charge in [0.1, 0.15) is 12.4 Å². The van der Waals surface area contributed by atoms with Crippen LogP contribution in [0.5, 0.6) is 0 Å². The highest BCUT2D eigenvalue weighted by molar-refractivity contribution is 9.10. The third kappa shape index (κ3) is 4.02. The van der Waals surface area contributed by atoms with E-state index in [2.05, 4.69) is 27.8 Å². The van der Waals surface area contributed by atoms with Gasteiger partial charge in [-0.15, -0.1) is 0 Å². The molecule has 1 rings (SSSR count). The lowest BCUT2D eigenvalue weighted by Gasteiger charge is -2.05. The zero-order valence-corrected chi connectivity index (χ0v) is 10.1. The number of carbonyl (C=O) groups excluding carboxylic acids is 1. The van der Waals surface area contributed by atoms with Gasteiger partial charge in [0.15, 0.2) is 0 Å². The van der Waals surface area contributed by atoms with Crippen molar-refractivity contribution >= 4 is 22.0 Å². The molecule has 0 fully saturated rings. The van der Waals surface area contributed by atoms with E-state index >= 15 is 0 Å². The normalized spacial score (nSPS) is 9.62. The molecular formula is C11H11BrFNO2. The number of ether oxygens (including phenoxy) is 1. The molecule has 1 N–H and O–H groups in total. The molecule has 0 unspecified atom stereocenters. The number of rotatable bonds is 4. The minimum atomic E-state index is -0.527. The SMILES string of the molecule is C=CCOC(=O)NCc1ccc(F)c(Br)c1. The Kier molecular flexibility index (Phi) is 4.98. The predicted octanol–water partition coefficient (Wildman–Crippen LogP) is 3.00. The van der Waals surface area contributed by atoms with Crippen LogP contribution in [0.15, 0.2) is 35.3 Å². The molecule has 0 aromatic heterocycles. The smallest absolute Gasteiger partial charge is 0.407 e. The van der Waals surface area contributed by atoms with E-state index in [-0.39, 0.29) is 19.0 Å². The number of halogens is 2. The molecular weight excluding hydrogens is 277 g/mol. The number of alkyl carbamates (subject to hydrolysis) is 1. The molecule has 0 aliphatic rings. The van der Waals surface area contributed by atoms with Crippen LogP contribution in [-0.2, 0) is 11.3 Å². The number of hydrogen-bond acceptors (Lipinski definition) is 2. The molecule has 0 bridgehead atoms. The molecule has 0 saturated carbocycles. The summed E-state index contributed by atoms with van der Waals surface area (Å²) < 4.78 is 18.0. The number of nitrogens with one attached hydrogen (secondary N) is 1. The molecule has 0 aliphatic carbocycles. The molecule has 0 saturated heterocycles. The Morgan fingerprint density at radius 1 is 1.62 bits per heavy atom. The summed E-state index contributed by atoms with van der Waals surface area (Å²) in [4.78, 5) is 11.1. The number of amides is 1. The van der Waals surface area contributed by atoms with Crippen LogP contribution < -0.4 is 5.32 Å². The van der Waals surface area contributed by atoms with Crippen LogP contribution in [-0.4, -0.2) is 12.7 Å². The molecule has 16 heavy (non-hydrogen) atoms.